The summed E-state index contributed by atoms with van der Waals surface area (Å²) in [7, 11) is 0. The van der Waals surface area contributed by atoms with E-state index in [1.54, 1.807) is 6.08 Å². The number of fused-ring (bicyclic) bond motifs is 1. The molecule has 1 fully saturated rings. The summed E-state index contributed by atoms with van der Waals surface area (Å²) in [5, 5.41) is 9.15. The van der Waals surface area contributed by atoms with Crippen molar-refractivity contribution in [2.75, 3.05) is 6.54 Å². The van der Waals surface area contributed by atoms with E-state index in [4.69, 9.17) is 5.11 Å². The SMILES string of the molecule is CC1C2C=C(O)C=CN1C2. The molecule has 2 bridgehead atoms. The molecule has 0 aromatic carbocycles. The van der Waals surface area contributed by atoms with E-state index in [1.165, 1.54) is 0 Å². The molecule has 3 heterocycles. The van der Waals surface area contributed by atoms with Crippen LogP contribution in [0.1, 0.15) is 6.92 Å². The van der Waals surface area contributed by atoms with Gasteiger partial charge in [0.2, 0.25) is 0 Å². The van der Waals surface area contributed by atoms with Gasteiger partial charge in [-0.1, -0.05) is 0 Å². The molecule has 1 saturated heterocycles. The number of allylic oxidation sites excluding steroid dienone is 1. The van der Waals surface area contributed by atoms with Crippen LogP contribution in [0.5, 0.6) is 0 Å². The van der Waals surface area contributed by atoms with E-state index in [9.17, 15) is 0 Å². The van der Waals surface area contributed by atoms with E-state index >= 15 is 0 Å². The quantitative estimate of drug-likeness (QED) is 0.543. The van der Waals surface area contributed by atoms with E-state index in [0.29, 0.717) is 17.7 Å². The third kappa shape index (κ3) is 0.649. The highest BCUT2D eigenvalue weighted by atomic mass is 16.3. The first-order valence-electron chi connectivity index (χ1n) is 3.62. The number of hydrogen-bond acceptors (Lipinski definition) is 2. The molecule has 2 heteroatoms. The van der Waals surface area contributed by atoms with Crippen molar-refractivity contribution in [3.8, 4) is 0 Å². The molecule has 2 nitrogen and oxygen atoms in total. The van der Waals surface area contributed by atoms with Crippen LogP contribution in [0.15, 0.2) is 24.1 Å². The van der Waals surface area contributed by atoms with E-state index in [-0.39, 0.29) is 0 Å². The summed E-state index contributed by atoms with van der Waals surface area (Å²) >= 11 is 0. The van der Waals surface area contributed by atoms with Crippen LogP contribution < -0.4 is 0 Å². The van der Waals surface area contributed by atoms with Crippen molar-refractivity contribution in [1.29, 1.82) is 0 Å². The summed E-state index contributed by atoms with van der Waals surface area (Å²) in [4.78, 5) is 2.23. The zero-order valence-corrected chi connectivity index (χ0v) is 5.99. The molecule has 0 amide bonds. The van der Waals surface area contributed by atoms with Crippen molar-refractivity contribution in [2.45, 2.75) is 13.0 Å². The Morgan fingerprint density at radius 2 is 2.50 bits per heavy atom. The molecule has 3 aliphatic heterocycles. The third-order valence-electron chi connectivity index (χ3n) is 2.39. The molecule has 0 saturated carbocycles. The third-order valence-corrected chi connectivity index (χ3v) is 2.39. The molecule has 0 aliphatic carbocycles. The van der Waals surface area contributed by atoms with Crippen LogP contribution in [-0.4, -0.2) is 22.6 Å². The highest BCUT2D eigenvalue weighted by Crippen LogP contribution is 2.29. The molecule has 54 valence electrons. The average molecular weight is 137 g/mol. The van der Waals surface area contributed by atoms with Gasteiger partial charge in [-0.2, -0.15) is 0 Å². The van der Waals surface area contributed by atoms with E-state index in [0.717, 1.165) is 6.54 Å². The number of nitrogens with zero attached hydrogens (tertiary/aromatic N) is 1. The average Bonchev–Trinajstić information content (AvgIpc) is 2.17. The van der Waals surface area contributed by atoms with Gasteiger partial charge < -0.3 is 10.0 Å². The monoisotopic (exact) mass is 137 g/mol. The number of hydrogen-bond donors (Lipinski definition) is 1. The van der Waals surface area contributed by atoms with Gasteiger partial charge in [0, 0.05) is 24.7 Å². The maximum Gasteiger partial charge on any atom is 0.113 e. The van der Waals surface area contributed by atoms with Crippen molar-refractivity contribution < 1.29 is 5.11 Å². The zero-order valence-electron chi connectivity index (χ0n) is 5.99. The van der Waals surface area contributed by atoms with E-state index < -0.39 is 0 Å². The Hall–Kier alpha value is -0.920. The van der Waals surface area contributed by atoms with Gasteiger partial charge in [-0.3, -0.25) is 0 Å². The second-order valence-corrected chi connectivity index (χ2v) is 3.01. The lowest BCUT2D eigenvalue weighted by atomic mass is 9.91. The fraction of sp³-hybridized carbons (Fsp3) is 0.500. The molecule has 3 aliphatic rings. The lowest BCUT2D eigenvalue weighted by Gasteiger charge is -2.43. The van der Waals surface area contributed by atoms with Crippen LogP contribution >= 0.6 is 0 Å². The summed E-state index contributed by atoms with van der Waals surface area (Å²) in [6, 6.07) is 0.584. The van der Waals surface area contributed by atoms with Crippen molar-refractivity contribution in [2.24, 2.45) is 5.92 Å². The topological polar surface area (TPSA) is 23.5 Å². The Labute approximate surface area is 60.5 Å². The van der Waals surface area contributed by atoms with Crippen LogP contribution in [0, 0.1) is 5.92 Å². The molecule has 3 rings (SSSR count). The molecular weight excluding hydrogens is 126 g/mol. The smallest absolute Gasteiger partial charge is 0.113 e. The lowest BCUT2D eigenvalue weighted by molar-refractivity contribution is 0.114. The number of aliphatic hydroxyl groups is 1. The Kier molecular flexibility index (Phi) is 1.04. The second kappa shape index (κ2) is 1.78. The highest BCUT2D eigenvalue weighted by Gasteiger charge is 2.33. The minimum absolute atomic E-state index is 0.414. The largest absolute Gasteiger partial charge is 0.508 e. The van der Waals surface area contributed by atoms with Gasteiger partial charge >= 0.3 is 0 Å². The molecule has 10 heavy (non-hydrogen) atoms. The lowest BCUT2D eigenvalue weighted by Crippen LogP contribution is -2.49. The van der Waals surface area contributed by atoms with Gasteiger partial charge in [-0.05, 0) is 19.1 Å². The van der Waals surface area contributed by atoms with Gasteiger partial charge in [0.15, 0.2) is 0 Å². The summed E-state index contributed by atoms with van der Waals surface area (Å²) in [6.07, 6.45) is 5.65. The second-order valence-electron chi connectivity index (χ2n) is 3.01. The predicted molar refractivity (Wildman–Crippen MR) is 39.5 cm³/mol. The van der Waals surface area contributed by atoms with Crippen molar-refractivity contribution >= 4 is 0 Å². The van der Waals surface area contributed by atoms with Crippen LogP contribution in [0.2, 0.25) is 0 Å². The summed E-state index contributed by atoms with van der Waals surface area (Å²) in [6.45, 7) is 3.25. The summed E-state index contributed by atoms with van der Waals surface area (Å²) < 4.78 is 0. The maximum atomic E-state index is 9.15. The van der Waals surface area contributed by atoms with Crippen molar-refractivity contribution in [1.82, 2.24) is 4.90 Å². The fourth-order valence-electron chi connectivity index (χ4n) is 1.51. The molecule has 2 unspecified atom stereocenters. The Morgan fingerprint density at radius 3 is 3.20 bits per heavy atom. The minimum Gasteiger partial charge on any atom is -0.508 e. The minimum atomic E-state index is 0.414. The summed E-state index contributed by atoms with van der Waals surface area (Å²) in [5.41, 5.74) is 0. The van der Waals surface area contributed by atoms with Gasteiger partial charge in [0.25, 0.3) is 0 Å². The van der Waals surface area contributed by atoms with Gasteiger partial charge in [0.05, 0.1) is 0 Å². The van der Waals surface area contributed by atoms with Gasteiger partial charge in [-0.15, -0.1) is 0 Å². The standard InChI is InChI=1S/C8H11NO/c1-6-7-4-8(10)2-3-9(6)5-7/h2-4,6-7,10H,5H2,1H3. The zero-order chi connectivity index (χ0) is 7.14. The maximum absolute atomic E-state index is 9.15. The molecule has 0 radical (unpaired) electrons. The first-order chi connectivity index (χ1) is 4.77. The fourth-order valence-corrected chi connectivity index (χ4v) is 1.51. The first kappa shape index (κ1) is 5.83. The van der Waals surface area contributed by atoms with Crippen LogP contribution in [0.3, 0.4) is 0 Å². The molecule has 1 N–H and O–H groups in total. The molecule has 0 aromatic rings. The molecule has 0 spiro atoms. The van der Waals surface area contributed by atoms with Crippen LogP contribution in [0.25, 0.3) is 0 Å². The normalized spacial score (nSPS) is 36.5. The molecular formula is C8H11NO. The van der Waals surface area contributed by atoms with Crippen molar-refractivity contribution in [3.63, 3.8) is 0 Å². The van der Waals surface area contributed by atoms with Gasteiger partial charge in [0.1, 0.15) is 5.76 Å². The molecule has 2 atom stereocenters. The highest BCUT2D eigenvalue weighted by molar-refractivity contribution is 5.20. The van der Waals surface area contributed by atoms with E-state index in [1.807, 2.05) is 12.3 Å². The Balaban J connectivity index is 2.26. The first-order valence-corrected chi connectivity index (χ1v) is 3.62. The van der Waals surface area contributed by atoms with Crippen molar-refractivity contribution in [3.05, 3.63) is 24.1 Å². The summed E-state index contributed by atoms with van der Waals surface area (Å²) in [5.74, 6) is 0.979. The van der Waals surface area contributed by atoms with E-state index in [2.05, 4.69) is 11.8 Å². The Morgan fingerprint density at radius 1 is 1.70 bits per heavy atom. The predicted octanol–water partition coefficient (Wildman–Crippen LogP) is 1.28. The van der Waals surface area contributed by atoms with Gasteiger partial charge in [-0.25, -0.2) is 0 Å². The Bertz CT molecular complexity index is 207. The number of aliphatic hydroxyl groups excluding tert-OH is 1. The van der Waals surface area contributed by atoms with Crippen LogP contribution in [-0.2, 0) is 0 Å². The van der Waals surface area contributed by atoms with Crippen LogP contribution in [0.4, 0.5) is 0 Å². The molecule has 0 aromatic heterocycles. The number of rotatable bonds is 0.